The second kappa shape index (κ2) is 4.86. The van der Waals surface area contributed by atoms with E-state index in [-0.39, 0.29) is 0 Å². The Balaban J connectivity index is 2.06. The number of furan rings is 1. The molecule has 3 aromatic rings. The average molecular weight is 383 g/mol. The van der Waals surface area contributed by atoms with Gasteiger partial charge in [0.1, 0.15) is 0 Å². The van der Waals surface area contributed by atoms with Crippen LogP contribution in [0.1, 0.15) is 0 Å². The first-order valence-corrected chi connectivity index (χ1v) is 7.09. The van der Waals surface area contributed by atoms with E-state index in [9.17, 15) is 0 Å². The summed E-state index contributed by atoms with van der Waals surface area (Å²) in [5.74, 6) is 0.637. The van der Waals surface area contributed by atoms with Gasteiger partial charge in [0, 0.05) is 4.47 Å². The number of hydrogen-bond donors (Lipinski definition) is 1. The molecule has 0 radical (unpaired) electrons. The van der Waals surface area contributed by atoms with Crippen molar-refractivity contribution < 1.29 is 4.42 Å². The lowest BCUT2D eigenvalue weighted by Crippen LogP contribution is -1.94. The topological polar surface area (TPSA) is 57.0 Å². The maximum Gasteiger partial charge on any atom is 0.169 e. The van der Waals surface area contributed by atoms with Crippen molar-refractivity contribution in [3.8, 4) is 17.1 Å². The lowest BCUT2D eigenvalue weighted by molar-refractivity contribution is 0.553. The fourth-order valence-corrected chi connectivity index (χ4v) is 2.46. The molecule has 0 aliphatic heterocycles. The Labute approximate surface area is 126 Å². The van der Waals surface area contributed by atoms with Gasteiger partial charge in [-0.25, -0.2) is 4.68 Å². The molecular formula is C13H9Br2N3O. The summed E-state index contributed by atoms with van der Waals surface area (Å²) in [6.45, 7) is 0. The molecule has 96 valence electrons. The Morgan fingerprint density at radius 1 is 1.16 bits per heavy atom. The van der Waals surface area contributed by atoms with Crippen molar-refractivity contribution in [2.45, 2.75) is 0 Å². The molecule has 19 heavy (non-hydrogen) atoms. The predicted molar refractivity (Wildman–Crippen MR) is 81.1 cm³/mol. The van der Waals surface area contributed by atoms with Crippen LogP contribution in [0.2, 0.25) is 0 Å². The van der Waals surface area contributed by atoms with E-state index in [1.807, 2.05) is 36.4 Å². The highest BCUT2D eigenvalue weighted by Crippen LogP contribution is 2.29. The number of nitrogens with two attached hydrogens (primary N) is 1. The zero-order valence-corrected chi connectivity index (χ0v) is 12.8. The maximum absolute atomic E-state index is 5.99. The first kappa shape index (κ1) is 12.5. The SMILES string of the molecule is Nc1cn(-c2cccc(Br)c2)nc1-c1ccc(Br)o1. The minimum atomic E-state index is 0.571. The van der Waals surface area contributed by atoms with E-state index in [4.69, 9.17) is 10.2 Å². The molecule has 2 heterocycles. The Hall–Kier alpha value is -1.53. The summed E-state index contributed by atoms with van der Waals surface area (Å²) < 4.78 is 8.84. The van der Waals surface area contributed by atoms with E-state index in [1.54, 1.807) is 10.9 Å². The number of hydrogen-bond acceptors (Lipinski definition) is 3. The Morgan fingerprint density at radius 2 is 2.00 bits per heavy atom. The van der Waals surface area contributed by atoms with Crippen LogP contribution in [0, 0.1) is 0 Å². The van der Waals surface area contributed by atoms with Crippen LogP contribution in [0.5, 0.6) is 0 Å². The number of halogens is 2. The molecular weight excluding hydrogens is 374 g/mol. The molecule has 0 aliphatic rings. The minimum absolute atomic E-state index is 0.571. The molecule has 0 unspecified atom stereocenters. The summed E-state index contributed by atoms with van der Waals surface area (Å²) in [6, 6.07) is 11.5. The van der Waals surface area contributed by atoms with Gasteiger partial charge in [-0.15, -0.1) is 0 Å². The third kappa shape index (κ3) is 2.46. The summed E-state index contributed by atoms with van der Waals surface area (Å²) in [6.07, 6.45) is 1.77. The molecule has 0 aliphatic carbocycles. The highest BCUT2D eigenvalue weighted by molar-refractivity contribution is 9.10. The van der Waals surface area contributed by atoms with Gasteiger partial charge in [-0.1, -0.05) is 22.0 Å². The lowest BCUT2D eigenvalue weighted by atomic mass is 10.3. The molecule has 3 rings (SSSR count). The van der Waals surface area contributed by atoms with E-state index in [2.05, 4.69) is 37.0 Å². The van der Waals surface area contributed by atoms with Crippen LogP contribution >= 0.6 is 31.9 Å². The number of benzene rings is 1. The summed E-state index contributed by atoms with van der Waals surface area (Å²) >= 11 is 6.70. The molecule has 2 aromatic heterocycles. The van der Waals surface area contributed by atoms with Crippen molar-refractivity contribution >= 4 is 37.5 Å². The van der Waals surface area contributed by atoms with Crippen LogP contribution in [0.3, 0.4) is 0 Å². The van der Waals surface area contributed by atoms with Gasteiger partial charge in [-0.05, 0) is 46.3 Å². The minimum Gasteiger partial charge on any atom is -0.448 e. The number of rotatable bonds is 2. The fraction of sp³-hybridized carbons (Fsp3) is 0. The van der Waals surface area contributed by atoms with Crippen molar-refractivity contribution in [2.75, 3.05) is 5.73 Å². The van der Waals surface area contributed by atoms with Gasteiger partial charge in [0.15, 0.2) is 16.1 Å². The summed E-state index contributed by atoms with van der Waals surface area (Å²) in [5, 5.41) is 4.46. The van der Waals surface area contributed by atoms with Crippen molar-refractivity contribution in [1.29, 1.82) is 0 Å². The van der Waals surface area contributed by atoms with Crippen molar-refractivity contribution in [2.24, 2.45) is 0 Å². The van der Waals surface area contributed by atoms with Crippen molar-refractivity contribution in [1.82, 2.24) is 9.78 Å². The first-order chi connectivity index (χ1) is 9.13. The molecule has 0 atom stereocenters. The molecule has 0 bridgehead atoms. The van der Waals surface area contributed by atoms with Gasteiger partial charge in [-0.3, -0.25) is 0 Å². The predicted octanol–water partition coefficient (Wildman–Crippen LogP) is 4.24. The van der Waals surface area contributed by atoms with Crippen LogP contribution < -0.4 is 5.73 Å². The van der Waals surface area contributed by atoms with E-state index in [0.29, 0.717) is 21.8 Å². The van der Waals surface area contributed by atoms with Crippen LogP contribution in [0.25, 0.3) is 17.1 Å². The third-order valence-corrected chi connectivity index (χ3v) is 3.54. The first-order valence-electron chi connectivity index (χ1n) is 5.50. The number of anilines is 1. The van der Waals surface area contributed by atoms with Crippen LogP contribution in [0.15, 0.2) is 56.2 Å². The van der Waals surface area contributed by atoms with Crippen LogP contribution in [-0.4, -0.2) is 9.78 Å². The fourth-order valence-electron chi connectivity index (χ4n) is 1.77. The lowest BCUT2D eigenvalue weighted by Gasteiger charge is -2.00. The Kier molecular flexibility index (Phi) is 3.20. The standard InChI is InChI=1S/C13H9Br2N3O/c14-8-2-1-3-9(6-8)18-7-10(16)13(17-18)11-4-5-12(15)19-11/h1-7H,16H2. The van der Waals surface area contributed by atoms with Gasteiger partial charge in [0.05, 0.1) is 17.6 Å². The van der Waals surface area contributed by atoms with Gasteiger partial charge in [0.25, 0.3) is 0 Å². The zero-order valence-electron chi connectivity index (χ0n) is 9.68. The van der Waals surface area contributed by atoms with E-state index in [1.165, 1.54) is 0 Å². The molecule has 0 fully saturated rings. The largest absolute Gasteiger partial charge is 0.448 e. The molecule has 0 saturated heterocycles. The normalized spacial score (nSPS) is 10.8. The van der Waals surface area contributed by atoms with Gasteiger partial charge >= 0.3 is 0 Å². The number of nitrogens with zero attached hydrogens (tertiary/aromatic N) is 2. The molecule has 1 aromatic carbocycles. The monoisotopic (exact) mass is 381 g/mol. The Morgan fingerprint density at radius 3 is 2.68 bits per heavy atom. The van der Waals surface area contributed by atoms with Crippen LogP contribution in [0.4, 0.5) is 5.69 Å². The molecule has 0 amide bonds. The molecule has 0 spiro atoms. The summed E-state index contributed by atoms with van der Waals surface area (Å²) in [5.41, 5.74) is 8.12. The van der Waals surface area contributed by atoms with Gasteiger partial charge in [0.2, 0.25) is 0 Å². The molecule has 2 N–H and O–H groups in total. The van der Waals surface area contributed by atoms with Gasteiger partial charge in [-0.2, -0.15) is 5.10 Å². The van der Waals surface area contributed by atoms with Crippen LogP contribution in [-0.2, 0) is 0 Å². The summed E-state index contributed by atoms with van der Waals surface area (Å²) in [7, 11) is 0. The Bertz CT molecular complexity index is 733. The quantitative estimate of drug-likeness (QED) is 0.721. The highest BCUT2D eigenvalue weighted by atomic mass is 79.9. The maximum atomic E-state index is 5.99. The molecule has 0 saturated carbocycles. The van der Waals surface area contributed by atoms with Crippen molar-refractivity contribution in [3.05, 3.63) is 51.7 Å². The summed E-state index contributed by atoms with van der Waals surface area (Å²) in [4.78, 5) is 0. The second-order valence-corrected chi connectivity index (χ2v) is 5.66. The van der Waals surface area contributed by atoms with Crippen molar-refractivity contribution in [3.63, 3.8) is 0 Å². The third-order valence-electron chi connectivity index (χ3n) is 2.62. The van der Waals surface area contributed by atoms with Gasteiger partial charge < -0.3 is 10.2 Å². The smallest absolute Gasteiger partial charge is 0.169 e. The van der Waals surface area contributed by atoms with E-state index < -0.39 is 0 Å². The van der Waals surface area contributed by atoms with E-state index in [0.717, 1.165) is 10.2 Å². The average Bonchev–Trinajstić information content (AvgIpc) is 2.95. The second-order valence-electron chi connectivity index (χ2n) is 3.96. The number of nitrogen functional groups attached to an aromatic ring is 1. The zero-order chi connectivity index (χ0) is 13.4. The van der Waals surface area contributed by atoms with E-state index >= 15 is 0 Å². The molecule has 6 heteroatoms. The number of aromatic nitrogens is 2. The highest BCUT2D eigenvalue weighted by Gasteiger charge is 2.13. The molecule has 4 nitrogen and oxygen atoms in total.